The van der Waals surface area contributed by atoms with Crippen molar-refractivity contribution in [2.24, 2.45) is 0 Å². The van der Waals surface area contributed by atoms with Crippen LogP contribution >= 0.6 is 0 Å². The fourth-order valence-electron chi connectivity index (χ4n) is 2.02. The summed E-state index contributed by atoms with van der Waals surface area (Å²) in [6.45, 7) is 0.0257. The van der Waals surface area contributed by atoms with Gasteiger partial charge in [-0.1, -0.05) is 0 Å². The molecule has 9 heteroatoms. The van der Waals surface area contributed by atoms with Crippen molar-refractivity contribution >= 4 is 17.4 Å². The molecule has 1 aromatic carbocycles. The third-order valence-corrected chi connectivity index (χ3v) is 3.28. The SMILES string of the molecule is COCC[C@@H](CO)NC(=O)Nc1cc(C(F)(F)F)ccc1N(C)C. The molecule has 0 fully saturated rings. The molecule has 0 bridgehead atoms. The summed E-state index contributed by atoms with van der Waals surface area (Å²) in [7, 11) is 4.79. The van der Waals surface area contributed by atoms with Gasteiger partial charge in [0, 0.05) is 27.8 Å². The average Bonchev–Trinajstić information content (AvgIpc) is 2.50. The number of carbonyl (C=O) groups is 1. The van der Waals surface area contributed by atoms with Crippen LogP contribution in [0.5, 0.6) is 0 Å². The van der Waals surface area contributed by atoms with Gasteiger partial charge in [0.15, 0.2) is 0 Å². The number of ether oxygens (including phenoxy) is 1. The van der Waals surface area contributed by atoms with E-state index in [1.807, 2.05) is 0 Å². The third-order valence-electron chi connectivity index (χ3n) is 3.28. The number of hydrogen-bond donors (Lipinski definition) is 3. The van der Waals surface area contributed by atoms with Gasteiger partial charge < -0.3 is 25.4 Å². The zero-order valence-electron chi connectivity index (χ0n) is 13.8. The van der Waals surface area contributed by atoms with Crippen LogP contribution in [0, 0.1) is 0 Å². The molecule has 1 aromatic rings. The fraction of sp³-hybridized carbons (Fsp3) is 0.533. The van der Waals surface area contributed by atoms with E-state index in [-0.39, 0.29) is 12.3 Å². The molecular formula is C15H22F3N3O3. The Morgan fingerprint density at radius 3 is 2.54 bits per heavy atom. The third kappa shape index (κ3) is 5.89. The molecular weight excluding hydrogens is 327 g/mol. The van der Waals surface area contributed by atoms with Crippen LogP contribution in [-0.2, 0) is 10.9 Å². The van der Waals surface area contributed by atoms with Crippen LogP contribution in [0.1, 0.15) is 12.0 Å². The maximum absolute atomic E-state index is 12.9. The van der Waals surface area contributed by atoms with Crippen LogP contribution in [0.4, 0.5) is 29.3 Å². The van der Waals surface area contributed by atoms with Crippen molar-refractivity contribution in [2.75, 3.05) is 44.6 Å². The largest absolute Gasteiger partial charge is 0.416 e. The monoisotopic (exact) mass is 349 g/mol. The number of amides is 2. The van der Waals surface area contributed by atoms with Crippen molar-refractivity contribution < 1.29 is 27.8 Å². The molecule has 3 N–H and O–H groups in total. The lowest BCUT2D eigenvalue weighted by Gasteiger charge is -2.21. The quantitative estimate of drug-likeness (QED) is 0.706. The van der Waals surface area contributed by atoms with Gasteiger partial charge in [0.25, 0.3) is 0 Å². The predicted molar refractivity (Wildman–Crippen MR) is 85.3 cm³/mol. The van der Waals surface area contributed by atoms with Gasteiger partial charge in [-0.05, 0) is 24.6 Å². The number of aliphatic hydroxyl groups excluding tert-OH is 1. The maximum Gasteiger partial charge on any atom is 0.416 e. The van der Waals surface area contributed by atoms with Crippen LogP contribution in [0.2, 0.25) is 0 Å². The number of aliphatic hydroxyl groups is 1. The lowest BCUT2D eigenvalue weighted by atomic mass is 10.1. The molecule has 0 heterocycles. The Kier molecular flexibility index (Phi) is 7.30. The highest BCUT2D eigenvalue weighted by molar-refractivity contribution is 5.93. The smallest absolute Gasteiger partial charge is 0.394 e. The molecule has 0 unspecified atom stereocenters. The molecule has 0 aliphatic rings. The van der Waals surface area contributed by atoms with E-state index in [1.165, 1.54) is 13.2 Å². The second-order valence-corrected chi connectivity index (χ2v) is 5.38. The van der Waals surface area contributed by atoms with Crippen LogP contribution in [0.3, 0.4) is 0 Å². The normalized spacial score (nSPS) is 12.6. The number of methoxy groups -OCH3 is 1. The zero-order chi connectivity index (χ0) is 18.3. The molecule has 0 saturated heterocycles. The van der Waals surface area contributed by atoms with Crippen LogP contribution in [0.25, 0.3) is 0 Å². The van der Waals surface area contributed by atoms with Crippen molar-refractivity contribution in [2.45, 2.75) is 18.6 Å². The molecule has 0 radical (unpaired) electrons. The minimum atomic E-state index is -4.51. The lowest BCUT2D eigenvalue weighted by molar-refractivity contribution is -0.137. The highest BCUT2D eigenvalue weighted by Gasteiger charge is 2.31. The molecule has 2 amide bonds. The number of nitrogens with zero attached hydrogens (tertiary/aromatic N) is 1. The minimum Gasteiger partial charge on any atom is -0.394 e. The van der Waals surface area contributed by atoms with Crippen LogP contribution in [0.15, 0.2) is 18.2 Å². The maximum atomic E-state index is 12.9. The Morgan fingerprint density at radius 2 is 2.04 bits per heavy atom. The summed E-state index contributed by atoms with van der Waals surface area (Å²) in [5, 5.41) is 14.1. The molecule has 6 nitrogen and oxygen atoms in total. The van der Waals surface area contributed by atoms with Gasteiger partial charge in [-0.2, -0.15) is 13.2 Å². The molecule has 0 spiro atoms. The first kappa shape index (κ1) is 20.0. The number of halogens is 3. The van der Waals surface area contributed by atoms with Gasteiger partial charge in [0.05, 0.1) is 29.6 Å². The number of nitrogens with one attached hydrogen (secondary N) is 2. The average molecular weight is 349 g/mol. The predicted octanol–water partition coefficient (Wildman–Crippen LogP) is 2.29. The lowest BCUT2D eigenvalue weighted by Crippen LogP contribution is -2.41. The van der Waals surface area contributed by atoms with Gasteiger partial charge in [-0.15, -0.1) is 0 Å². The summed E-state index contributed by atoms with van der Waals surface area (Å²) in [6, 6.07) is 1.85. The molecule has 0 aromatic heterocycles. The highest BCUT2D eigenvalue weighted by atomic mass is 19.4. The van der Waals surface area contributed by atoms with Crippen molar-refractivity contribution in [3.8, 4) is 0 Å². The Balaban J connectivity index is 2.92. The van der Waals surface area contributed by atoms with E-state index in [0.29, 0.717) is 18.7 Å². The number of benzene rings is 1. The van der Waals surface area contributed by atoms with Crippen LogP contribution in [-0.4, -0.2) is 51.6 Å². The highest BCUT2D eigenvalue weighted by Crippen LogP contribution is 2.34. The number of urea groups is 1. The van der Waals surface area contributed by atoms with Gasteiger partial charge in [-0.25, -0.2) is 4.79 Å². The molecule has 1 rings (SSSR count). The number of carbonyl (C=O) groups excluding carboxylic acids is 1. The first-order chi connectivity index (χ1) is 11.2. The standard InChI is InChI=1S/C15H22F3N3O3/c1-21(2)13-5-4-10(15(16,17)18)8-12(13)20-14(23)19-11(9-22)6-7-24-3/h4-5,8,11,22H,6-7,9H2,1-3H3,(H2,19,20,23)/t11-/m0/s1. The number of alkyl halides is 3. The Labute approximate surface area is 138 Å². The molecule has 0 saturated carbocycles. The first-order valence-electron chi connectivity index (χ1n) is 7.25. The summed E-state index contributed by atoms with van der Waals surface area (Å²) in [4.78, 5) is 13.6. The van der Waals surface area contributed by atoms with Gasteiger partial charge in [-0.3, -0.25) is 0 Å². The summed E-state index contributed by atoms with van der Waals surface area (Å²) >= 11 is 0. The van der Waals surface area contributed by atoms with E-state index < -0.39 is 23.8 Å². The molecule has 0 aliphatic heterocycles. The van der Waals surface area contributed by atoms with Crippen molar-refractivity contribution in [3.05, 3.63) is 23.8 Å². The van der Waals surface area contributed by atoms with E-state index in [0.717, 1.165) is 12.1 Å². The minimum absolute atomic E-state index is 0.0238. The first-order valence-corrected chi connectivity index (χ1v) is 7.25. The Hall–Kier alpha value is -2.00. The zero-order valence-corrected chi connectivity index (χ0v) is 13.8. The van der Waals surface area contributed by atoms with Gasteiger partial charge in [0.1, 0.15) is 0 Å². The molecule has 1 atom stereocenters. The van der Waals surface area contributed by atoms with Crippen molar-refractivity contribution in [1.29, 1.82) is 0 Å². The summed E-state index contributed by atoms with van der Waals surface area (Å²) in [5.41, 5.74) is -0.409. The molecule has 136 valence electrons. The van der Waals surface area contributed by atoms with Crippen molar-refractivity contribution in [1.82, 2.24) is 5.32 Å². The summed E-state index contributed by atoms with van der Waals surface area (Å²) in [6.07, 6.45) is -4.13. The topological polar surface area (TPSA) is 73.8 Å². The van der Waals surface area contributed by atoms with Gasteiger partial charge in [0.2, 0.25) is 0 Å². The van der Waals surface area contributed by atoms with E-state index in [4.69, 9.17) is 4.74 Å². The summed E-state index contributed by atoms with van der Waals surface area (Å²) < 4.78 is 43.4. The van der Waals surface area contributed by atoms with Crippen LogP contribution < -0.4 is 15.5 Å². The van der Waals surface area contributed by atoms with E-state index in [1.54, 1.807) is 19.0 Å². The van der Waals surface area contributed by atoms with Gasteiger partial charge >= 0.3 is 12.2 Å². The Bertz CT molecular complexity index is 551. The van der Waals surface area contributed by atoms with E-state index in [9.17, 15) is 23.1 Å². The van der Waals surface area contributed by atoms with E-state index >= 15 is 0 Å². The van der Waals surface area contributed by atoms with Crippen molar-refractivity contribution in [3.63, 3.8) is 0 Å². The Morgan fingerprint density at radius 1 is 1.38 bits per heavy atom. The molecule has 0 aliphatic carbocycles. The number of rotatable bonds is 7. The van der Waals surface area contributed by atoms with E-state index in [2.05, 4.69) is 10.6 Å². The second kappa shape index (κ2) is 8.74. The number of anilines is 2. The fourth-order valence-corrected chi connectivity index (χ4v) is 2.02. The second-order valence-electron chi connectivity index (χ2n) is 5.38. The summed E-state index contributed by atoms with van der Waals surface area (Å²) in [5.74, 6) is 0. The molecule has 24 heavy (non-hydrogen) atoms. The number of hydrogen-bond acceptors (Lipinski definition) is 4.